The number of aromatic hydroxyl groups is 1. The molecule has 0 atom stereocenters. The van der Waals surface area contributed by atoms with Crippen molar-refractivity contribution in [1.82, 2.24) is 0 Å². The third-order valence-electron chi connectivity index (χ3n) is 3.65. The fourth-order valence-corrected chi connectivity index (χ4v) is 3.16. The smallest absolute Gasteiger partial charge is 0.161 e. The molecule has 0 bridgehead atoms. The van der Waals surface area contributed by atoms with Gasteiger partial charge >= 0.3 is 0 Å². The number of thioether (sulfide) groups is 1. The molecule has 0 spiro atoms. The molecule has 0 radical (unpaired) electrons. The summed E-state index contributed by atoms with van der Waals surface area (Å²) in [4.78, 5) is 5.74. The molecule has 0 heterocycles. The molecule has 0 saturated heterocycles. The van der Waals surface area contributed by atoms with Gasteiger partial charge in [-0.15, -0.1) is 11.8 Å². The minimum absolute atomic E-state index is 0.125. The summed E-state index contributed by atoms with van der Waals surface area (Å²) in [5.74, 6) is 1.50. The van der Waals surface area contributed by atoms with Crippen LogP contribution >= 0.6 is 11.8 Å². The van der Waals surface area contributed by atoms with E-state index in [4.69, 9.17) is 4.74 Å². The first kappa shape index (κ1) is 17.1. The van der Waals surface area contributed by atoms with Crippen LogP contribution in [0.3, 0.4) is 0 Å². The van der Waals surface area contributed by atoms with Crippen molar-refractivity contribution in [3.63, 3.8) is 0 Å². The number of rotatable bonds is 6. The molecule has 126 valence electrons. The van der Waals surface area contributed by atoms with E-state index in [0.29, 0.717) is 5.75 Å². The van der Waals surface area contributed by atoms with Crippen LogP contribution in [0.1, 0.15) is 11.1 Å². The van der Waals surface area contributed by atoms with Crippen LogP contribution in [0.15, 0.2) is 82.7 Å². The summed E-state index contributed by atoms with van der Waals surface area (Å²) in [7, 11) is 1.53. The normalized spacial score (nSPS) is 10.9. The Morgan fingerprint density at radius 3 is 2.48 bits per heavy atom. The predicted molar refractivity (Wildman–Crippen MR) is 104 cm³/mol. The third-order valence-corrected chi connectivity index (χ3v) is 4.73. The summed E-state index contributed by atoms with van der Waals surface area (Å²) in [6.45, 7) is 0. The zero-order valence-electron chi connectivity index (χ0n) is 13.9. The molecule has 0 aromatic heterocycles. The number of ether oxygens (including phenoxy) is 1. The molecular weight excluding hydrogens is 330 g/mol. The zero-order valence-corrected chi connectivity index (χ0v) is 14.7. The molecule has 0 aliphatic carbocycles. The molecule has 3 aromatic carbocycles. The van der Waals surface area contributed by atoms with Crippen molar-refractivity contribution in [2.75, 3.05) is 7.11 Å². The van der Waals surface area contributed by atoms with Crippen LogP contribution < -0.4 is 4.74 Å². The largest absolute Gasteiger partial charge is 0.504 e. The van der Waals surface area contributed by atoms with E-state index >= 15 is 0 Å². The fraction of sp³-hybridized carbons (Fsp3) is 0.0952. The van der Waals surface area contributed by atoms with Crippen LogP contribution in [0.4, 0.5) is 5.69 Å². The Kier molecular flexibility index (Phi) is 5.75. The van der Waals surface area contributed by atoms with Gasteiger partial charge < -0.3 is 9.84 Å². The molecule has 3 nitrogen and oxygen atoms in total. The number of hydrogen-bond donors (Lipinski definition) is 1. The molecule has 0 amide bonds. The van der Waals surface area contributed by atoms with Gasteiger partial charge in [0.2, 0.25) is 0 Å². The van der Waals surface area contributed by atoms with Crippen molar-refractivity contribution in [2.45, 2.75) is 10.6 Å². The lowest BCUT2D eigenvalue weighted by Crippen LogP contribution is -1.87. The van der Waals surface area contributed by atoms with Crippen molar-refractivity contribution in [3.05, 3.63) is 83.9 Å². The van der Waals surface area contributed by atoms with Gasteiger partial charge in [0.15, 0.2) is 11.5 Å². The minimum atomic E-state index is 0.125. The summed E-state index contributed by atoms with van der Waals surface area (Å²) in [6.07, 6.45) is 1.76. The third kappa shape index (κ3) is 4.88. The maximum Gasteiger partial charge on any atom is 0.161 e. The fourth-order valence-electron chi connectivity index (χ4n) is 2.29. The Morgan fingerprint density at radius 2 is 1.76 bits per heavy atom. The quantitative estimate of drug-likeness (QED) is 0.476. The van der Waals surface area contributed by atoms with Crippen molar-refractivity contribution >= 4 is 23.7 Å². The molecule has 3 rings (SSSR count). The molecule has 3 aromatic rings. The van der Waals surface area contributed by atoms with Crippen molar-refractivity contribution in [2.24, 2.45) is 4.99 Å². The summed E-state index contributed by atoms with van der Waals surface area (Å²) in [5, 5.41) is 9.61. The lowest BCUT2D eigenvalue weighted by molar-refractivity contribution is 0.373. The molecule has 0 unspecified atom stereocenters. The summed E-state index contributed by atoms with van der Waals surface area (Å²) in [5.41, 5.74) is 3.03. The van der Waals surface area contributed by atoms with E-state index < -0.39 is 0 Å². The predicted octanol–water partition coefficient (Wildman–Crippen LogP) is 5.44. The van der Waals surface area contributed by atoms with Gasteiger partial charge in [-0.05, 0) is 53.6 Å². The molecule has 1 N–H and O–H groups in total. The van der Waals surface area contributed by atoms with Gasteiger partial charge in [0.1, 0.15) is 0 Å². The van der Waals surface area contributed by atoms with Crippen molar-refractivity contribution in [3.8, 4) is 11.5 Å². The van der Waals surface area contributed by atoms with Crippen LogP contribution in [0.5, 0.6) is 11.5 Å². The van der Waals surface area contributed by atoms with Crippen LogP contribution in [0.25, 0.3) is 0 Å². The van der Waals surface area contributed by atoms with E-state index in [1.54, 1.807) is 24.4 Å². The number of phenols is 1. The highest BCUT2D eigenvalue weighted by Crippen LogP contribution is 2.26. The summed E-state index contributed by atoms with van der Waals surface area (Å²) in [6, 6.07) is 23.7. The average Bonchev–Trinajstić information content (AvgIpc) is 2.67. The van der Waals surface area contributed by atoms with E-state index in [1.165, 1.54) is 17.6 Å². The van der Waals surface area contributed by atoms with E-state index in [2.05, 4.69) is 41.4 Å². The Bertz CT molecular complexity index is 846. The Morgan fingerprint density at radius 1 is 1.00 bits per heavy atom. The molecule has 0 aliphatic rings. The summed E-state index contributed by atoms with van der Waals surface area (Å²) >= 11 is 1.82. The minimum Gasteiger partial charge on any atom is -0.504 e. The topological polar surface area (TPSA) is 41.8 Å². The van der Waals surface area contributed by atoms with Crippen LogP contribution in [-0.4, -0.2) is 18.4 Å². The maximum absolute atomic E-state index is 9.61. The van der Waals surface area contributed by atoms with Gasteiger partial charge in [-0.25, -0.2) is 0 Å². The van der Waals surface area contributed by atoms with Crippen molar-refractivity contribution < 1.29 is 9.84 Å². The highest BCUT2D eigenvalue weighted by molar-refractivity contribution is 7.98. The Hall–Kier alpha value is -2.72. The standard InChI is InChI=1S/C21H19NO2S/c1-24-21-13-17(9-12-20(21)23)14-22-18-10-7-16(8-11-18)15-25-19-5-3-2-4-6-19/h2-14,23H,15H2,1H3. The molecule has 25 heavy (non-hydrogen) atoms. The number of nitrogens with zero attached hydrogens (tertiary/aromatic N) is 1. The second kappa shape index (κ2) is 8.40. The first-order chi connectivity index (χ1) is 12.2. The van der Waals surface area contributed by atoms with Gasteiger partial charge in [0, 0.05) is 16.9 Å². The Balaban J connectivity index is 1.62. The molecule has 4 heteroatoms. The van der Waals surface area contributed by atoms with Crippen LogP contribution in [0.2, 0.25) is 0 Å². The first-order valence-corrected chi connectivity index (χ1v) is 8.91. The van der Waals surface area contributed by atoms with Crippen molar-refractivity contribution in [1.29, 1.82) is 0 Å². The van der Waals surface area contributed by atoms with Gasteiger partial charge in [-0.2, -0.15) is 0 Å². The highest BCUT2D eigenvalue weighted by Gasteiger charge is 2.01. The lowest BCUT2D eigenvalue weighted by Gasteiger charge is -2.04. The lowest BCUT2D eigenvalue weighted by atomic mass is 10.2. The van der Waals surface area contributed by atoms with E-state index in [0.717, 1.165) is 17.0 Å². The molecule has 0 fully saturated rings. The van der Waals surface area contributed by atoms with Gasteiger partial charge in [0.25, 0.3) is 0 Å². The van der Waals surface area contributed by atoms with Crippen LogP contribution in [-0.2, 0) is 5.75 Å². The maximum atomic E-state index is 9.61. The zero-order chi connectivity index (χ0) is 17.5. The number of aliphatic imine (C=N–C) groups is 1. The molecule has 0 saturated carbocycles. The molecular formula is C21H19NO2S. The number of benzene rings is 3. The SMILES string of the molecule is COc1cc(C=Nc2ccc(CSc3ccccc3)cc2)ccc1O. The Labute approximate surface area is 152 Å². The van der Waals surface area contributed by atoms with Gasteiger partial charge in [-0.1, -0.05) is 30.3 Å². The summed E-state index contributed by atoms with van der Waals surface area (Å²) < 4.78 is 5.10. The van der Waals surface area contributed by atoms with Gasteiger partial charge in [-0.3, -0.25) is 4.99 Å². The highest BCUT2D eigenvalue weighted by atomic mass is 32.2. The number of methoxy groups -OCH3 is 1. The number of phenolic OH excluding ortho intramolecular Hbond substituents is 1. The van der Waals surface area contributed by atoms with E-state index in [9.17, 15) is 5.11 Å². The van der Waals surface area contributed by atoms with Crippen LogP contribution in [0, 0.1) is 0 Å². The average molecular weight is 349 g/mol. The van der Waals surface area contributed by atoms with Gasteiger partial charge in [0.05, 0.1) is 12.8 Å². The van der Waals surface area contributed by atoms with E-state index in [-0.39, 0.29) is 5.75 Å². The first-order valence-electron chi connectivity index (χ1n) is 7.92. The monoisotopic (exact) mass is 349 g/mol. The molecule has 0 aliphatic heterocycles. The second-order valence-electron chi connectivity index (χ2n) is 5.46. The number of hydrogen-bond acceptors (Lipinski definition) is 4. The van der Waals surface area contributed by atoms with E-state index in [1.807, 2.05) is 30.0 Å². The second-order valence-corrected chi connectivity index (χ2v) is 6.51.